The lowest BCUT2D eigenvalue weighted by Crippen LogP contribution is -2.17. The number of sulfonamides is 1. The highest BCUT2D eigenvalue weighted by molar-refractivity contribution is 7.92. The van der Waals surface area contributed by atoms with Gasteiger partial charge in [0, 0.05) is 24.5 Å². The van der Waals surface area contributed by atoms with Gasteiger partial charge in [-0.05, 0) is 37.1 Å². The van der Waals surface area contributed by atoms with E-state index in [2.05, 4.69) is 19.8 Å². The summed E-state index contributed by atoms with van der Waals surface area (Å²) in [4.78, 5) is 2.23. The summed E-state index contributed by atoms with van der Waals surface area (Å²) in [6.07, 6.45) is 3.60. The molecule has 1 fully saturated rings. The number of hydrogen-bond acceptors (Lipinski definition) is 5. The molecule has 0 bridgehead atoms. The summed E-state index contributed by atoms with van der Waals surface area (Å²) in [7, 11) is -3.71. The van der Waals surface area contributed by atoms with Crippen molar-refractivity contribution in [3.63, 3.8) is 0 Å². The summed E-state index contributed by atoms with van der Waals surface area (Å²) in [5, 5.41) is 6.03. The van der Waals surface area contributed by atoms with Gasteiger partial charge >= 0.3 is 0 Å². The van der Waals surface area contributed by atoms with Crippen LogP contribution < -0.4 is 15.4 Å². The average Bonchev–Trinajstić information content (AvgIpc) is 3.10. The number of nitrogen functional groups attached to an aromatic ring is 1. The molecule has 1 aliphatic heterocycles. The maximum absolute atomic E-state index is 12.2. The molecule has 0 unspecified atom stereocenters. The normalized spacial score (nSPS) is 15.3. The monoisotopic (exact) mass is 307 g/mol. The molecule has 0 radical (unpaired) electrons. The van der Waals surface area contributed by atoms with Gasteiger partial charge in [0.05, 0.1) is 6.20 Å². The van der Waals surface area contributed by atoms with E-state index in [4.69, 9.17) is 5.73 Å². The maximum Gasteiger partial charge on any atom is 0.267 e. The fraction of sp³-hybridized carbons (Fsp3) is 0.308. The average molecular weight is 307 g/mol. The minimum Gasteiger partial charge on any atom is -0.383 e. The van der Waals surface area contributed by atoms with Crippen LogP contribution >= 0.6 is 0 Å². The summed E-state index contributed by atoms with van der Waals surface area (Å²) in [6.45, 7) is 2.10. The van der Waals surface area contributed by atoms with Crippen LogP contribution in [0.25, 0.3) is 0 Å². The molecule has 21 heavy (non-hydrogen) atoms. The second-order valence-corrected chi connectivity index (χ2v) is 6.65. The first kappa shape index (κ1) is 13.7. The van der Waals surface area contributed by atoms with Crippen LogP contribution in [0.4, 0.5) is 17.2 Å². The molecule has 0 amide bonds. The number of benzene rings is 1. The van der Waals surface area contributed by atoms with Gasteiger partial charge in [0.2, 0.25) is 0 Å². The highest BCUT2D eigenvalue weighted by Crippen LogP contribution is 2.24. The Bertz CT molecular complexity index is 717. The molecular formula is C13H17N5O2S. The Morgan fingerprint density at radius 2 is 1.86 bits per heavy atom. The van der Waals surface area contributed by atoms with E-state index in [-0.39, 0.29) is 10.7 Å². The second-order valence-electron chi connectivity index (χ2n) is 4.99. The number of rotatable bonds is 4. The zero-order chi connectivity index (χ0) is 14.9. The third-order valence-electron chi connectivity index (χ3n) is 3.51. The van der Waals surface area contributed by atoms with Gasteiger partial charge in [0.1, 0.15) is 10.7 Å². The van der Waals surface area contributed by atoms with E-state index in [1.807, 2.05) is 12.1 Å². The number of aromatic amines is 1. The quantitative estimate of drug-likeness (QED) is 0.792. The smallest absolute Gasteiger partial charge is 0.267 e. The Morgan fingerprint density at radius 1 is 1.19 bits per heavy atom. The zero-order valence-corrected chi connectivity index (χ0v) is 12.2. The van der Waals surface area contributed by atoms with E-state index < -0.39 is 10.0 Å². The van der Waals surface area contributed by atoms with Crippen molar-refractivity contribution in [1.29, 1.82) is 0 Å². The predicted molar refractivity (Wildman–Crippen MR) is 81.7 cm³/mol. The lowest BCUT2D eigenvalue weighted by Gasteiger charge is -2.17. The Hall–Kier alpha value is -2.22. The molecule has 2 heterocycles. The molecule has 8 heteroatoms. The van der Waals surface area contributed by atoms with E-state index in [0.717, 1.165) is 18.8 Å². The number of anilines is 3. The lowest BCUT2D eigenvalue weighted by atomic mass is 10.2. The maximum atomic E-state index is 12.2. The number of nitrogens with one attached hydrogen (secondary N) is 2. The first-order valence-electron chi connectivity index (χ1n) is 6.73. The number of nitrogens with two attached hydrogens (primary N) is 1. The van der Waals surface area contributed by atoms with Crippen LogP contribution in [0.2, 0.25) is 0 Å². The van der Waals surface area contributed by atoms with Crippen LogP contribution in [0.5, 0.6) is 0 Å². The molecule has 112 valence electrons. The van der Waals surface area contributed by atoms with Gasteiger partial charge in [-0.15, -0.1) is 0 Å². The first-order chi connectivity index (χ1) is 10.1. The SMILES string of the molecule is Nc1[nH]ncc1S(=O)(=O)Nc1ccc(N2CCCC2)cc1. The highest BCUT2D eigenvalue weighted by atomic mass is 32.2. The van der Waals surface area contributed by atoms with Crippen LogP contribution in [0.15, 0.2) is 35.4 Å². The molecule has 1 aromatic carbocycles. The van der Waals surface area contributed by atoms with E-state index in [9.17, 15) is 8.42 Å². The number of H-pyrrole nitrogens is 1. The number of aromatic nitrogens is 2. The van der Waals surface area contributed by atoms with Crippen LogP contribution in [0.1, 0.15) is 12.8 Å². The Labute approximate surface area is 123 Å². The summed E-state index contributed by atoms with van der Waals surface area (Å²) in [6, 6.07) is 7.34. The molecule has 0 aliphatic carbocycles. The molecule has 0 spiro atoms. The van der Waals surface area contributed by atoms with Crippen LogP contribution in [-0.2, 0) is 10.0 Å². The minimum absolute atomic E-state index is 0.0242. The van der Waals surface area contributed by atoms with Crippen molar-refractivity contribution < 1.29 is 8.42 Å². The van der Waals surface area contributed by atoms with Crippen molar-refractivity contribution in [2.45, 2.75) is 17.7 Å². The summed E-state index contributed by atoms with van der Waals surface area (Å²) in [5.41, 5.74) is 7.15. The van der Waals surface area contributed by atoms with Gasteiger partial charge in [-0.3, -0.25) is 9.82 Å². The van der Waals surface area contributed by atoms with Gasteiger partial charge < -0.3 is 10.6 Å². The Balaban J connectivity index is 1.77. The molecule has 2 aromatic rings. The van der Waals surface area contributed by atoms with Crippen LogP contribution in [-0.4, -0.2) is 31.7 Å². The molecule has 1 aromatic heterocycles. The largest absolute Gasteiger partial charge is 0.383 e. The van der Waals surface area contributed by atoms with Crippen molar-refractivity contribution in [3.8, 4) is 0 Å². The van der Waals surface area contributed by atoms with Crippen molar-refractivity contribution >= 4 is 27.2 Å². The molecule has 0 saturated carbocycles. The fourth-order valence-electron chi connectivity index (χ4n) is 2.42. The molecule has 7 nitrogen and oxygen atoms in total. The Kier molecular flexibility index (Phi) is 3.46. The van der Waals surface area contributed by atoms with Crippen molar-refractivity contribution in [3.05, 3.63) is 30.5 Å². The topological polar surface area (TPSA) is 104 Å². The van der Waals surface area contributed by atoms with Crippen molar-refractivity contribution in [2.24, 2.45) is 0 Å². The molecular weight excluding hydrogens is 290 g/mol. The van der Waals surface area contributed by atoms with Crippen molar-refractivity contribution in [2.75, 3.05) is 28.4 Å². The lowest BCUT2D eigenvalue weighted by molar-refractivity contribution is 0.601. The van der Waals surface area contributed by atoms with Crippen LogP contribution in [0.3, 0.4) is 0 Å². The number of hydrogen-bond donors (Lipinski definition) is 3. The second kappa shape index (κ2) is 5.28. The van der Waals surface area contributed by atoms with Gasteiger partial charge in [0.25, 0.3) is 10.0 Å². The number of nitrogens with zero attached hydrogens (tertiary/aromatic N) is 2. The van der Waals surface area contributed by atoms with Crippen LogP contribution in [0, 0.1) is 0 Å². The molecule has 1 saturated heterocycles. The van der Waals surface area contributed by atoms with E-state index in [1.165, 1.54) is 19.0 Å². The van der Waals surface area contributed by atoms with E-state index in [0.29, 0.717) is 5.69 Å². The standard InChI is InChI=1S/C13H17N5O2S/c14-13-12(9-15-16-13)21(19,20)17-10-3-5-11(6-4-10)18-7-1-2-8-18/h3-6,9,17H,1-2,7-8H2,(H3,14,15,16). The molecule has 0 atom stereocenters. The molecule has 3 rings (SSSR count). The molecule has 1 aliphatic rings. The third-order valence-corrected chi connectivity index (χ3v) is 4.92. The van der Waals surface area contributed by atoms with Gasteiger partial charge in [-0.1, -0.05) is 0 Å². The van der Waals surface area contributed by atoms with Gasteiger partial charge in [0.15, 0.2) is 0 Å². The predicted octanol–water partition coefficient (Wildman–Crippen LogP) is 1.39. The summed E-state index contributed by atoms with van der Waals surface area (Å²) >= 11 is 0. The highest BCUT2D eigenvalue weighted by Gasteiger charge is 2.19. The van der Waals surface area contributed by atoms with Crippen molar-refractivity contribution in [1.82, 2.24) is 10.2 Å². The zero-order valence-electron chi connectivity index (χ0n) is 11.4. The third kappa shape index (κ3) is 2.80. The first-order valence-corrected chi connectivity index (χ1v) is 8.21. The van der Waals surface area contributed by atoms with E-state index in [1.54, 1.807) is 12.1 Å². The fourth-order valence-corrected chi connectivity index (χ4v) is 3.51. The van der Waals surface area contributed by atoms with Gasteiger partial charge in [-0.25, -0.2) is 8.42 Å². The Morgan fingerprint density at radius 3 is 2.43 bits per heavy atom. The van der Waals surface area contributed by atoms with E-state index >= 15 is 0 Å². The van der Waals surface area contributed by atoms with Gasteiger partial charge in [-0.2, -0.15) is 5.10 Å². The molecule has 4 N–H and O–H groups in total. The minimum atomic E-state index is -3.71. The summed E-state index contributed by atoms with van der Waals surface area (Å²) < 4.78 is 26.8. The summed E-state index contributed by atoms with van der Waals surface area (Å²) in [5.74, 6) is 0.0242.